The van der Waals surface area contributed by atoms with E-state index in [2.05, 4.69) is 88.0 Å². The van der Waals surface area contributed by atoms with Crippen LogP contribution in [0.25, 0.3) is 9.44 Å². The topological polar surface area (TPSA) is 121 Å². The summed E-state index contributed by atoms with van der Waals surface area (Å²) < 4.78 is 56.1. The molecule has 2 fully saturated rings. The van der Waals surface area contributed by atoms with Gasteiger partial charge in [0.2, 0.25) is 0 Å². The van der Waals surface area contributed by atoms with E-state index in [4.69, 9.17) is 0 Å². The van der Waals surface area contributed by atoms with Crippen molar-refractivity contribution in [1.29, 1.82) is 0 Å². The van der Waals surface area contributed by atoms with Crippen molar-refractivity contribution < 1.29 is 51.5 Å². The molecule has 5 rings (SSSR count). The maximum absolute atomic E-state index is 12.6. The number of nitrogens with zero attached hydrogens (tertiary/aromatic N) is 2. The molecular formula is C39H58Cl2N4O4Ru2S2+2. The Kier molecular flexibility index (Phi) is 29.9. The van der Waals surface area contributed by atoms with Crippen LogP contribution in [0.2, 0.25) is 0 Å². The summed E-state index contributed by atoms with van der Waals surface area (Å²) in [6, 6.07) is 29.5. The molecule has 8 nitrogen and oxygen atoms in total. The van der Waals surface area contributed by atoms with Gasteiger partial charge in [0.15, 0.2) is 0 Å². The first-order valence-electron chi connectivity index (χ1n) is 17.5. The van der Waals surface area contributed by atoms with Gasteiger partial charge in [-0.2, -0.15) is 0 Å². The van der Waals surface area contributed by atoms with E-state index < -0.39 is 20.0 Å². The van der Waals surface area contributed by atoms with Crippen molar-refractivity contribution in [1.82, 2.24) is 10.6 Å². The molecule has 0 radical (unpaired) electrons. The molecule has 0 spiro atoms. The van der Waals surface area contributed by atoms with Crippen LogP contribution in [-0.4, -0.2) is 60.3 Å². The Bertz CT molecular complexity index is 1530. The standard InChI is InChI=1S/C21H27N2O2S.C16H25N2O2S.2CH3.2ClH.2Ru/c24-26(25,19-13-5-2-6-14-19)23-21-16-8-7-15-20(21)22-17-9-12-18-10-3-1-4-11-18;1-21(19,20)18-16-12-6-5-11-15(16)17-13-7-10-14-8-3-2-4-9-14;;;;;;/h1-6,10-11,13-14,20-22H,7-9,12,15-17H2;2-4,8-9,15-17H,5-7,10-13H2,1H3;2*1H3;2*1H;;/q4*-1;;;2*+4/p-2. The summed E-state index contributed by atoms with van der Waals surface area (Å²) in [6.45, 7) is 1.80. The van der Waals surface area contributed by atoms with Gasteiger partial charge in [-0.25, -0.2) is 16.8 Å². The molecule has 0 aliphatic heterocycles. The van der Waals surface area contributed by atoms with Gasteiger partial charge in [-0.3, -0.25) is 0 Å². The van der Waals surface area contributed by atoms with Crippen molar-refractivity contribution in [3.63, 3.8) is 0 Å². The molecule has 4 atom stereocenters. The van der Waals surface area contributed by atoms with Gasteiger partial charge in [-0.1, -0.05) is 117 Å². The molecule has 3 aromatic rings. The van der Waals surface area contributed by atoms with E-state index in [0.717, 1.165) is 90.1 Å². The van der Waals surface area contributed by atoms with Crippen LogP contribution in [-0.2, 0) is 67.5 Å². The summed E-state index contributed by atoms with van der Waals surface area (Å²) in [4.78, 5) is 0.286. The van der Waals surface area contributed by atoms with Crippen LogP contribution in [0.15, 0.2) is 95.9 Å². The zero-order valence-electron chi connectivity index (χ0n) is 31.2. The fourth-order valence-corrected chi connectivity index (χ4v) is 8.45. The van der Waals surface area contributed by atoms with E-state index in [1.165, 1.54) is 17.4 Å². The second kappa shape index (κ2) is 30.4. The minimum absolute atomic E-state index is 0. The average molecular weight is 984 g/mol. The molecule has 2 N–H and O–H groups in total. The van der Waals surface area contributed by atoms with E-state index in [9.17, 15) is 16.8 Å². The number of halogens is 2. The predicted molar refractivity (Wildman–Crippen MR) is 217 cm³/mol. The van der Waals surface area contributed by atoms with E-state index in [1.807, 2.05) is 52.8 Å². The van der Waals surface area contributed by atoms with Gasteiger partial charge in [0.25, 0.3) is 0 Å². The van der Waals surface area contributed by atoms with E-state index >= 15 is 0 Å². The zero-order chi connectivity index (χ0) is 37.4. The van der Waals surface area contributed by atoms with Crippen molar-refractivity contribution in [2.24, 2.45) is 0 Å². The van der Waals surface area contributed by atoms with Gasteiger partial charge in [-0.05, 0) is 87.0 Å². The average Bonchev–Trinajstić information content (AvgIpc) is 3.15. The molecule has 4 unspecified atom stereocenters. The van der Waals surface area contributed by atoms with Crippen LogP contribution in [0.3, 0.4) is 0 Å². The number of sulfonamides is 2. The molecule has 53 heavy (non-hydrogen) atoms. The third-order valence-corrected chi connectivity index (χ3v) is 11.0. The van der Waals surface area contributed by atoms with Crippen molar-refractivity contribution in [3.8, 4) is 0 Å². The number of rotatable bonds is 15. The van der Waals surface area contributed by atoms with Crippen LogP contribution in [0.4, 0.5) is 0 Å². The molecule has 0 saturated heterocycles. The van der Waals surface area contributed by atoms with Gasteiger partial charge in [0, 0.05) is 11.2 Å². The van der Waals surface area contributed by atoms with Gasteiger partial charge >= 0.3 is 54.0 Å². The van der Waals surface area contributed by atoms with Crippen LogP contribution in [0.5, 0.6) is 0 Å². The number of benzene rings is 3. The Morgan fingerprint density at radius 2 is 0.943 bits per heavy atom. The van der Waals surface area contributed by atoms with Gasteiger partial charge in [-0.15, -0.1) is 12.1 Å². The Hall–Kier alpha value is -0.773. The van der Waals surface area contributed by atoms with Crippen molar-refractivity contribution in [3.05, 3.63) is 126 Å². The molecular weight excluding hydrogens is 926 g/mol. The summed E-state index contributed by atoms with van der Waals surface area (Å²) in [7, 11) is 2.31. The molecule has 0 amide bonds. The third-order valence-electron chi connectivity index (χ3n) is 8.88. The quantitative estimate of drug-likeness (QED) is 0.0890. The summed E-state index contributed by atoms with van der Waals surface area (Å²) in [5.41, 5.74) is 2.69. The third kappa shape index (κ3) is 21.9. The molecule has 0 heterocycles. The van der Waals surface area contributed by atoms with Crippen molar-refractivity contribution in [2.45, 2.75) is 106 Å². The Morgan fingerprint density at radius 3 is 1.34 bits per heavy atom. The number of hydrogen-bond acceptors (Lipinski definition) is 6. The van der Waals surface area contributed by atoms with E-state index in [0.29, 0.717) is 0 Å². The van der Waals surface area contributed by atoms with Crippen LogP contribution in [0.1, 0.15) is 75.3 Å². The summed E-state index contributed by atoms with van der Waals surface area (Å²) >= 11 is 3.64. The Morgan fingerprint density at radius 1 is 0.585 bits per heavy atom. The van der Waals surface area contributed by atoms with Crippen LogP contribution < -0.4 is 10.6 Å². The van der Waals surface area contributed by atoms with Crippen molar-refractivity contribution >= 4 is 39.4 Å². The normalized spacial score (nSPS) is 19.5. The monoisotopic (exact) mass is 984 g/mol. The summed E-state index contributed by atoms with van der Waals surface area (Å²) in [6.07, 6.45) is 13.5. The van der Waals surface area contributed by atoms with E-state index in [1.54, 1.807) is 24.3 Å². The number of aryl methyl sites for hydroxylation is 2. The van der Waals surface area contributed by atoms with Crippen LogP contribution in [0, 0.1) is 14.9 Å². The second-order valence-electron chi connectivity index (χ2n) is 12.7. The second-order valence-corrected chi connectivity index (χ2v) is 16.0. The van der Waals surface area contributed by atoms with Gasteiger partial charge in [0.05, 0.1) is 10.0 Å². The summed E-state index contributed by atoms with van der Waals surface area (Å²) in [5.74, 6) is 0. The Balaban J connectivity index is 0.000000917. The van der Waals surface area contributed by atoms with E-state index in [-0.39, 0.29) is 43.9 Å². The zero-order valence-corrected chi connectivity index (χ0v) is 37.8. The van der Waals surface area contributed by atoms with Gasteiger partial charge < -0.3 is 34.9 Å². The molecule has 2 aliphatic rings. The van der Waals surface area contributed by atoms with Crippen molar-refractivity contribution in [2.75, 3.05) is 19.3 Å². The number of hydrogen-bond donors (Lipinski definition) is 2. The first kappa shape index (κ1) is 52.2. The fourth-order valence-electron chi connectivity index (χ4n) is 6.48. The summed E-state index contributed by atoms with van der Waals surface area (Å²) in [5, 5.41) is 7.06. The first-order chi connectivity index (χ1) is 24.7. The molecule has 14 heteroatoms. The predicted octanol–water partition coefficient (Wildman–Crippen LogP) is 9.41. The van der Waals surface area contributed by atoms with Crippen LogP contribution >= 0.6 is 19.4 Å². The fraction of sp³-hybridized carbons (Fsp3) is 0.487. The maximum atomic E-state index is 12.6. The Labute approximate surface area is 350 Å². The minimum atomic E-state index is -3.58. The molecule has 0 aromatic heterocycles. The molecule has 298 valence electrons. The molecule has 3 aromatic carbocycles. The number of nitrogens with one attached hydrogen (secondary N) is 2. The SMILES string of the molecule is CS(=O)(=O)[N-]C1CCCCC1NCCCc1ccccc1.O=S(=O)([N-]C1CCCCC1NCCCc1ccccc1)c1ccccc1.[CH3-].[CH3-].[Cl][Ru+3].[Cl][Ru+3]. The van der Waals surface area contributed by atoms with Gasteiger partial charge in [0.1, 0.15) is 10.0 Å². The molecule has 2 saturated carbocycles. The molecule has 2 aliphatic carbocycles. The first-order valence-corrected chi connectivity index (χ1v) is 25.2. The molecule has 0 bridgehead atoms.